The Labute approximate surface area is 190 Å². The Kier molecular flexibility index (Phi) is 8.55. The van der Waals surface area contributed by atoms with E-state index in [9.17, 15) is 13.2 Å². The van der Waals surface area contributed by atoms with Gasteiger partial charge in [-0.15, -0.1) is 0 Å². The van der Waals surface area contributed by atoms with Crippen LogP contribution < -0.4 is 10.6 Å². The Balaban J connectivity index is 1.89. The predicted octanol–water partition coefficient (Wildman–Crippen LogP) is 2.82. The molecule has 1 unspecified atom stereocenters. The number of aromatic nitrogens is 1. The summed E-state index contributed by atoms with van der Waals surface area (Å²) in [6.07, 6.45) is 13.1. The van der Waals surface area contributed by atoms with Crippen LogP contribution in [0.4, 0.5) is 0 Å². The van der Waals surface area contributed by atoms with Gasteiger partial charge in [0.15, 0.2) is 0 Å². The highest BCUT2D eigenvalue weighted by atomic mass is 32.2. The van der Waals surface area contributed by atoms with E-state index in [1.165, 1.54) is 6.08 Å². The van der Waals surface area contributed by atoms with Crippen LogP contribution in [-0.4, -0.2) is 51.7 Å². The maximum atomic E-state index is 13.2. The van der Waals surface area contributed by atoms with Crippen LogP contribution in [0.2, 0.25) is 0 Å². The fraction of sp³-hybridized carbons (Fsp3) is 0.417. The van der Waals surface area contributed by atoms with Crippen molar-refractivity contribution < 1.29 is 17.9 Å². The number of amides is 1. The zero-order chi connectivity index (χ0) is 23.0. The highest BCUT2D eigenvalue weighted by Gasteiger charge is 2.21. The van der Waals surface area contributed by atoms with Crippen molar-refractivity contribution >= 4 is 21.3 Å². The molecule has 1 aromatic heterocycles. The van der Waals surface area contributed by atoms with Crippen LogP contribution in [0.5, 0.6) is 0 Å². The van der Waals surface area contributed by atoms with Crippen LogP contribution in [0.3, 0.4) is 0 Å². The first-order valence-corrected chi connectivity index (χ1v) is 12.3. The van der Waals surface area contributed by atoms with Gasteiger partial charge in [0.25, 0.3) is 0 Å². The Morgan fingerprint density at radius 1 is 1.31 bits per heavy atom. The molecular weight excluding hydrogens is 426 g/mol. The largest absolute Gasteiger partial charge is 0.366 e. The molecule has 32 heavy (non-hydrogen) atoms. The van der Waals surface area contributed by atoms with Crippen molar-refractivity contribution in [2.45, 2.75) is 39.2 Å². The number of pyridine rings is 1. The zero-order valence-electron chi connectivity index (χ0n) is 18.6. The summed E-state index contributed by atoms with van der Waals surface area (Å²) in [7, 11) is -3.73. The van der Waals surface area contributed by atoms with Gasteiger partial charge in [0.05, 0.1) is 17.2 Å². The lowest BCUT2D eigenvalue weighted by molar-refractivity contribution is -0.125. The maximum Gasteiger partial charge on any atom is 0.246 e. The van der Waals surface area contributed by atoms with Crippen molar-refractivity contribution in [3.05, 3.63) is 69.8 Å². The van der Waals surface area contributed by atoms with Gasteiger partial charge in [0, 0.05) is 23.7 Å². The molecule has 1 saturated heterocycles. The van der Waals surface area contributed by atoms with Crippen LogP contribution in [0.25, 0.3) is 5.57 Å². The Bertz CT molecular complexity index is 1050. The van der Waals surface area contributed by atoms with Gasteiger partial charge in [-0.3, -0.25) is 9.78 Å². The molecule has 0 bridgehead atoms. The fourth-order valence-electron chi connectivity index (χ4n) is 3.70. The first kappa shape index (κ1) is 24.1. The van der Waals surface area contributed by atoms with Gasteiger partial charge in [-0.1, -0.05) is 24.3 Å². The summed E-state index contributed by atoms with van der Waals surface area (Å²) in [5, 5.41) is 6.15. The molecule has 1 amide bonds. The van der Waals surface area contributed by atoms with E-state index in [1.807, 2.05) is 25.1 Å². The minimum Gasteiger partial charge on any atom is -0.366 e. The Morgan fingerprint density at radius 2 is 2.16 bits per heavy atom. The first-order valence-electron chi connectivity index (χ1n) is 10.9. The number of nitrogens with one attached hydrogen (secondary N) is 2. The third kappa shape index (κ3) is 6.48. The van der Waals surface area contributed by atoms with E-state index in [4.69, 9.17) is 4.74 Å². The van der Waals surface area contributed by atoms with E-state index in [2.05, 4.69) is 15.6 Å². The molecule has 3 rings (SSSR count). The van der Waals surface area contributed by atoms with Crippen molar-refractivity contribution in [1.82, 2.24) is 15.6 Å². The monoisotopic (exact) mass is 457 g/mol. The second-order valence-corrected chi connectivity index (χ2v) is 10.2. The molecule has 1 atom stereocenters. The van der Waals surface area contributed by atoms with Gasteiger partial charge in [-0.2, -0.15) is 0 Å². The zero-order valence-corrected chi connectivity index (χ0v) is 19.5. The molecule has 8 heteroatoms. The summed E-state index contributed by atoms with van der Waals surface area (Å²) in [6, 6.07) is 4.27. The van der Waals surface area contributed by atoms with E-state index in [-0.39, 0.29) is 28.9 Å². The van der Waals surface area contributed by atoms with Crippen LogP contribution in [0.15, 0.2) is 58.5 Å². The normalized spacial score (nSPS) is 21.2. The van der Waals surface area contributed by atoms with Crippen LogP contribution in [-0.2, 0) is 19.4 Å². The Hall–Kier alpha value is -2.55. The number of hydrogen-bond donors (Lipinski definition) is 2. The average Bonchev–Trinajstić information content (AvgIpc) is 3.28. The molecule has 1 fully saturated rings. The number of sulfone groups is 1. The number of allylic oxidation sites excluding steroid dienone is 5. The van der Waals surface area contributed by atoms with Gasteiger partial charge in [-0.05, 0) is 69.0 Å². The SMILES string of the molecule is CC(=CC=C(CC1CCCN1)c1ncccc1C)S(=O)(=O)C1=CC=CCNC(=O)COC1. The summed E-state index contributed by atoms with van der Waals surface area (Å²) in [5.74, 6) is -0.278. The molecule has 2 aliphatic rings. The fourth-order valence-corrected chi connectivity index (χ4v) is 4.86. The molecule has 0 radical (unpaired) electrons. The average molecular weight is 458 g/mol. The van der Waals surface area contributed by atoms with E-state index >= 15 is 0 Å². The summed E-state index contributed by atoms with van der Waals surface area (Å²) in [4.78, 5) is 16.5. The van der Waals surface area contributed by atoms with Gasteiger partial charge < -0.3 is 15.4 Å². The molecule has 2 aliphatic heterocycles. The Morgan fingerprint density at radius 3 is 2.91 bits per heavy atom. The summed E-state index contributed by atoms with van der Waals surface area (Å²) in [6.45, 7) is 4.58. The number of hydrogen-bond acceptors (Lipinski definition) is 6. The van der Waals surface area contributed by atoms with Gasteiger partial charge >= 0.3 is 0 Å². The third-order valence-corrected chi connectivity index (χ3v) is 7.47. The maximum absolute atomic E-state index is 13.2. The van der Waals surface area contributed by atoms with Crippen molar-refractivity contribution in [3.63, 3.8) is 0 Å². The minimum absolute atomic E-state index is 0.124. The molecule has 7 nitrogen and oxygen atoms in total. The quantitative estimate of drug-likeness (QED) is 0.638. The lowest BCUT2D eigenvalue weighted by atomic mass is 9.98. The third-order valence-electron chi connectivity index (χ3n) is 5.54. The highest BCUT2D eigenvalue weighted by molar-refractivity contribution is 7.98. The second-order valence-electron chi connectivity index (χ2n) is 8.00. The molecule has 1 aromatic rings. The highest BCUT2D eigenvalue weighted by Crippen LogP contribution is 2.26. The van der Waals surface area contributed by atoms with Crippen LogP contribution in [0, 0.1) is 6.92 Å². The first-order chi connectivity index (χ1) is 15.4. The minimum atomic E-state index is -3.73. The van der Waals surface area contributed by atoms with Gasteiger partial charge in [0.1, 0.15) is 6.61 Å². The topological polar surface area (TPSA) is 97.4 Å². The molecule has 3 heterocycles. The molecule has 2 N–H and O–H groups in total. The summed E-state index contributed by atoms with van der Waals surface area (Å²) >= 11 is 0. The number of nitrogens with zero attached hydrogens (tertiary/aromatic N) is 1. The molecule has 172 valence electrons. The number of rotatable bonds is 6. The van der Waals surface area contributed by atoms with Gasteiger partial charge in [-0.25, -0.2) is 8.42 Å². The van der Waals surface area contributed by atoms with Crippen LogP contribution in [0.1, 0.15) is 37.4 Å². The standard InChI is InChI=1S/C24H31N3O4S/c1-18-7-5-14-27-24(18)20(15-21-8-6-13-25-21)11-10-19(2)32(29,30)22-9-3-4-12-26-23(28)17-31-16-22/h3-5,7,9-11,14,21,25H,6,8,12-13,15-17H2,1-2H3,(H,26,28). The second kappa shape index (κ2) is 11.4. The van der Waals surface area contributed by atoms with E-state index in [0.717, 1.165) is 42.6 Å². The number of ether oxygens (including phenoxy) is 1. The molecule has 0 aromatic carbocycles. The summed E-state index contributed by atoms with van der Waals surface area (Å²) < 4.78 is 31.7. The van der Waals surface area contributed by atoms with E-state index in [0.29, 0.717) is 12.6 Å². The molecule has 0 saturated carbocycles. The smallest absolute Gasteiger partial charge is 0.246 e. The van der Waals surface area contributed by atoms with Crippen molar-refractivity contribution in [1.29, 1.82) is 0 Å². The summed E-state index contributed by atoms with van der Waals surface area (Å²) in [5.41, 5.74) is 2.94. The van der Waals surface area contributed by atoms with Gasteiger partial charge in [0.2, 0.25) is 15.7 Å². The predicted molar refractivity (Wildman–Crippen MR) is 126 cm³/mol. The number of carbonyl (C=O) groups excluding carboxylic acids is 1. The van der Waals surface area contributed by atoms with Crippen LogP contribution >= 0.6 is 0 Å². The molecule has 0 spiro atoms. The van der Waals surface area contributed by atoms with Crippen molar-refractivity contribution in [2.75, 3.05) is 26.3 Å². The number of carbonyl (C=O) groups is 1. The van der Waals surface area contributed by atoms with E-state index < -0.39 is 9.84 Å². The van der Waals surface area contributed by atoms with Crippen molar-refractivity contribution in [3.8, 4) is 0 Å². The van der Waals surface area contributed by atoms with Crippen molar-refractivity contribution in [2.24, 2.45) is 0 Å². The number of aryl methyl sites for hydroxylation is 1. The molecular formula is C24H31N3O4S. The lowest BCUT2D eigenvalue weighted by Crippen LogP contribution is -2.28. The molecule has 0 aliphatic carbocycles. The van der Waals surface area contributed by atoms with E-state index in [1.54, 1.807) is 31.3 Å². The lowest BCUT2D eigenvalue weighted by Gasteiger charge is -2.15.